The van der Waals surface area contributed by atoms with Gasteiger partial charge in [-0.1, -0.05) is 35.5 Å². The molecule has 2 aromatic carbocycles. The molecule has 1 aliphatic rings. The highest BCUT2D eigenvalue weighted by Gasteiger charge is 2.28. The second-order valence-corrected chi connectivity index (χ2v) is 8.73. The lowest BCUT2D eigenvalue weighted by Gasteiger charge is -2.31. The number of nitrogens with zero attached hydrogens (tertiary/aromatic N) is 2. The van der Waals surface area contributed by atoms with Crippen LogP contribution in [0, 0.1) is 6.92 Å². The zero-order valence-electron chi connectivity index (χ0n) is 15.3. The van der Waals surface area contributed by atoms with Crippen LogP contribution in [0.15, 0.2) is 63.7 Å². The molecule has 0 spiro atoms. The van der Waals surface area contributed by atoms with E-state index in [0.717, 1.165) is 20.5 Å². The Hall–Kier alpha value is -2.61. The average molecular weight is 443 g/mol. The molecule has 146 valence electrons. The second-order valence-electron chi connectivity index (χ2n) is 6.14. The Bertz CT molecular complexity index is 1130. The predicted molar refractivity (Wildman–Crippen MR) is 116 cm³/mol. The van der Waals surface area contributed by atoms with E-state index in [2.05, 4.69) is 4.98 Å². The predicted octanol–water partition coefficient (Wildman–Crippen LogP) is 5.49. The first-order chi connectivity index (χ1) is 14.0. The number of aromatic nitrogens is 1. The van der Waals surface area contributed by atoms with Crippen molar-refractivity contribution in [3.63, 3.8) is 0 Å². The summed E-state index contributed by atoms with van der Waals surface area (Å²) in [5.41, 5.74) is 2.10. The van der Waals surface area contributed by atoms with E-state index in [4.69, 9.17) is 16.3 Å². The van der Waals surface area contributed by atoms with Gasteiger partial charge < -0.3 is 4.74 Å². The number of para-hydroxylation sites is 1. The molecule has 0 bridgehead atoms. The van der Waals surface area contributed by atoms with Crippen LogP contribution in [0.5, 0.6) is 0 Å². The topological polar surface area (TPSA) is 59.5 Å². The molecular weight excluding hydrogens is 428 g/mol. The number of amides is 1. The third kappa shape index (κ3) is 4.37. The molecule has 5 nitrogen and oxygen atoms in total. The molecule has 29 heavy (non-hydrogen) atoms. The Kier molecular flexibility index (Phi) is 5.71. The number of anilines is 2. The van der Waals surface area contributed by atoms with Gasteiger partial charge in [-0.2, -0.15) is 0 Å². The first-order valence-corrected chi connectivity index (χ1v) is 10.7. The summed E-state index contributed by atoms with van der Waals surface area (Å²) in [4.78, 5) is 32.7. The SMILES string of the molecule is Cc1nc(/C=C/C(=O)OCC(=O)N2c3ccccc3Sc3ccc(Cl)cc32)cs1. The van der Waals surface area contributed by atoms with Crippen LogP contribution in [0.3, 0.4) is 0 Å². The van der Waals surface area contributed by atoms with E-state index >= 15 is 0 Å². The van der Waals surface area contributed by atoms with Crippen LogP contribution >= 0.6 is 34.7 Å². The average Bonchev–Trinajstić information content (AvgIpc) is 3.14. The van der Waals surface area contributed by atoms with Crippen molar-refractivity contribution in [2.75, 3.05) is 11.5 Å². The molecule has 8 heteroatoms. The van der Waals surface area contributed by atoms with Gasteiger partial charge in [-0.05, 0) is 43.3 Å². The lowest BCUT2D eigenvalue weighted by Crippen LogP contribution is -2.32. The minimum absolute atomic E-state index is 0.354. The third-order valence-electron chi connectivity index (χ3n) is 4.10. The van der Waals surface area contributed by atoms with Crippen molar-refractivity contribution in [1.82, 2.24) is 4.98 Å². The molecule has 1 aromatic heterocycles. The van der Waals surface area contributed by atoms with E-state index in [9.17, 15) is 9.59 Å². The standard InChI is InChI=1S/C21H15ClN2O3S2/c1-13-23-15(12-28-13)7-9-21(26)27-11-20(25)24-16-4-2-3-5-18(16)29-19-8-6-14(22)10-17(19)24/h2-10,12H,11H2,1H3/b9-7+. The Morgan fingerprint density at radius 3 is 2.76 bits per heavy atom. The number of rotatable bonds is 4. The highest BCUT2D eigenvalue weighted by molar-refractivity contribution is 7.99. The molecule has 0 radical (unpaired) electrons. The van der Waals surface area contributed by atoms with Crippen LogP contribution in [0.1, 0.15) is 10.7 Å². The summed E-state index contributed by atoms with van der Waals surface area (Å²) in [6.45, 7) is 1.50. The first kappa shape index (κ1) is 19.7. The maximum absolute atomic E-state index is 13.0. The number of ether oxygens (including phenoxy) is 1. The summed E-state index contributed by atoms with van der Waals surface area (Å²) in [7, 11) is 0. The summed E-state index contributed by atoms with van der Waals surface area (Å²) in [5, 5.41) is 3.28. The number of benzene rings is 2. The molecular formula is C21H15ClN2O3S2. The number of esters is 1. The molecule has 0 aliphatic carbocycles. The molecule has 0 N–H and O–H groups in total. The number of carbonyl (C=O) groups excluding carboxylic acids is 2. The highest BCUT2D eigenvalue weighted by Crippen LogP contribution is 2.48. The molecule has 0 fully saturated rings. The van der Waals surface area contributed by atoms with Crippen molar-refractivity contribution in [2.24, 2.45) is 0 Å². The largest absolute Gasteiger partial charge is 0.452 e. The number of halogens is 1. The van der Waals surface area contributed by atoms with Crippen LogP contribution in [0.25, 0.3) is 6.08 Å². The fourth-order valence-electron chi connectivity index (χ4n) is 2.85. The van der Waals surface area contributed by atoms with Crippen molar-refractivity contribution in [3.05, 3.63) is 69.6 Å². The zero-order chi connectivity index (χ0) is 20.4. The zero-order valence-corrected chi connectivity index (χ0v) is 17.7. The van der Waals surface area contributed by atoms with Gasteiger partial charge in [-0.15, -0.1) is 11.3 Å². The van der Waals surface area contributed by atoms with Gasteiger partial charge in [-0.3, -0.25) is 9.69 Å². The molecule has 0 saturated carbocycles. The number of carbonyl (C=O) groups is 2. The number of fused-ring (bicyclic) bond motifs is 2. The van der Waals surface area contributed by atoms with Crippen LogP contribution in [-0.2, 0) is 14.3 Å². The maximum atomic E-state index is 13.0. The molecule has 0 atom stereocenters. The van der Waals surface area contributed by atoms with E-state index in [1.807, 2.05) is 42.6 Å². The van der Waals surface area contributed by atoms with Crippen molar-refractivity contribution >= 4 is 64.0 Å². The highest BCUT2D eigenvalue weighted by atomic mass is 35.5. The summed E-state index contributed by atoms with van der Waals surface area (Å²) in [6.07, 6.45) is 2.84. The van der Waals surface area contributed by atoms with Gasteiger partial charge in [0.2, 0.25) is 0 Å². The molecule has 4 rings (SSSR count). The van der Waals surface area contributed by atoms with E-state index < -0.39 is 5.97 Å². The minimum Gasteiger partial charge on any atom is -0.452 e. The Morgan fingerprint density at radius 2 is 1.97 bits per heavy atom. The summed E-state index contributed by atoms with van der Waals surface area (Å²) in [5.74, 6) is -0.956. The van der Waals surface area contributed by atoms with E-state index in [0.29, 0.717) is 16.4 Å². The van der Waals surface area contributed by atoms with Gasteiger partial charge in [0.05, 0.1) is 22.1 Å². The number of hydrogen-bond acceptors (Lipinski definition) is 6. The normalized spacial score (nSPS) is 12.6. The van der Waals surface area contributed by atoms with Crippen LogP contribution in [0.4, 0.5) is 11.4 Å². The molecule has 0 saturated heterocycles. The molecule has 1 amide bonds. The van der Waals surface area contributed by atoms with Gasteiger partial charge >= 0.3 is 5.97 Å². The van der Waals surface area contributed by atoms with E-state index in [1.54, 1.807) is 34.9 Å². The number of aryl methyl sites for hydroxylation is 1. The number of thiazole rings is 1. The lowest BCUT2D eigenvalue weighted by molar-refractivity contribution is -0.142. The van der Waals surface area contributed by atoms with Crippen molar-refractivity contribution in [2.45, 2.75) is 16.7 Å². The van der Waals surface area contributed by atoms with E-state index in [-0.39, 0.29) is 12.5 Å². The quantitative estimate of drug-likeness (QED) is 0.395. The first-order valence-electron chi connectivity index (χ1n) is 8.67. The van der Waals surface area contributed by atoms with Crippen LogP contribution in [0.2, 0.25) is 5.02 Å². The molecule has 0 unspecified atom stereocenters. The Labute approximate surface area is 181 Å². The molecule has 1 aliphatic heterocycles. The third-order valence-corrected chi connectivity index (χ3v) is 6.26. The minimum atomic E-state index is -0.602. The Morgan fingerprint density at radius 1 is 1.17 bits per heavy atom. The fraction of sp³-hybridized carbons (Fsp3) is 0.0952. The Balaban J connectivity index is 1.52. The van der Waals surface area contributed by atoms with Crippen molar-refractivity contribution in [1.29, 1.82) is 0 Å². The van der Waals surface area contributed by atoms with Crippen molar-refractivity contribution in [3.8, 4) is 0 Å². The van der Waals surface area contributed by atoms with E-state index in [1.165, 1.54) is 17.4 Å². The monoisotopic (exact) mass is 442 g/mol. The van der Waals surface area contributed by atoms with Crippen LogP contribution < -0.4 is 4.90 Å². The summed E-state index contributed by atoms with van der Waals surface area (Å²) in [6, 6.07) is 13.0. The van der Waals surface area contributed by atoms with Gasteiger partial charge in [0.15, 0.2) is 6.61 Å². The smallest absolute Gasteiger partial charge is 0.331 e. The second kappa shape index (κ2) is 8.41. The van der Waals surface area contributed by atoms with Crippen molar-refractivity contribution < 1.29 is 14.3 Å². The van der Waals surface area contributed by atoms with Gasteiger partial charge in [0.1, 0.15) is 0 Å². The summed E-state index contributed by atoms with van der Waals surface area (Å²) >= 11 is 9.22. The number of hydrogen-bond donors (Lipinski definition) is 0. The van der Waals surface area contributed by atoms with Gasteiger partial charge in [-0.25, -0.2) is 9.78 Å². The van der Waals surface area contributed by atoms with Crippen LogP contribution in [-0.4, -0.2) is 23.5 Å². The van der Waals surface area contributed by atoms with Gasteiger partial charge in [0, 0.05) is 26.3 Å². The lowest BCUT2D eigenvalue weighted by atomic mass is 10.2. The van der Waals surface area contributed by atoms with Gasteiger partial charge in [0.25, 0.3) is 5.91 Å². The fourth-order valence-corrected chi connectivity index (χ4v) is 4.64. The molecule has 3 aromatic rings. The molecule has 2 heterocycles. The summed E-state index contributed by atoms with van der Waals surface area (Å²) < 4.78 is 5.16. The maximum Gasteiger partial charge on any atom is 0.331 e.